The van der Waals surface area contributed by atoms with Gasteiger partial charge in [-0.05, 0) is 0 Å². The molecule has 5 heteroatoms. The Morgan fingerprint density at radius 2 is 0.941 bits per heavy atom. The number of Topliss-reactive ketones (excluding diaryl/α,β-unsaturated/α-hetero) is 3. The molecule has 0 heterocycles. The van der Waals surface area contributed by atoms with Crippen LogP contribution >= 0.6 is 12.4 Å². The molecule has 0 saturated heterocycles. The van der Waals surface area contributed by atoms with Crippen molar-refractivity contribution in [2.75, 3.05) is 0 Å². The Bertz CT molecular complexity index is 224. The summed E-state index contributed by atoms with van der Waals surface area (Å²) in [7, 11) is 0. The Morgan fingerprint density at radius 3 is 1.12 bits per heavy atom. The summed E-state index contributed by atoms with van der Waals surface area (Å²) in [5, 5.41) is 0. The third-order valence-corrected chi connectivity index (χ3v) is 10.7. The van der Waals surface area contributed by atoms with Crippen molar-refractivity contribution >= 4 is 49.5 Å². The van der Waals surface area contributed by atoms with Gasteiger partial charge < -0.3 is 0 Å². The van der Waals surface area contributed by atoms with E-state index >= 15 is 0 Å². The summed E-state index contributed by atoms with van der Waals surface area (Å²) in [6.45, 7) is 4.82. The SMILES string of the molecule is CC(=O)C[CH2][Sn]([CH2]CC(C)=O)[CH2]CC(C)=O.Cl. The Labute approximate surface area is 117 Å². The summed E-state index contributed by atoms with van der Waals surface area (Å²) in [6, 6.07) is 0. The van der Waals surface area contributed by atoms with E-state index in [9.17, 15) is 14.4 Å². The smallest absolute Gasteiger partial charge is 0.147 e. The zero-order valence-electron chi connectivity index (χ0n) is 10.9. The maximum atomic E-state index is 10.9. The molecule has 0 rings (SSSR count). The number of halogens is 1. The van der Waals surface area contributed by atoms with E-state index in [0.717, 1.165) is 13.3 Å². The van der Waals surface area contributed by atoms with Gasteiger partial charge in [0, 0.05) is 0 Å². The Balaban J connectivity index is 0. The van der Waals surface area contributed by atoms with Crippen molar-refractivity contribution in [1.29, 1.82) is 0 Å². The van der Waals surface area contributed by atoms with Gasteiger partial charge in [0.05, 0.1) is 0 Å². The molecule has 0 saturated carbocycles. The summed E-state index contributed by atoms with van der Waals surface area (Å²) in [5.74, 6) is 0.677. The zero-order valence-corrected chi connectivity index (χ0v) is 14.5. The Kier molecular flexibility index (Phi) is 12.8. The Hall–Kier alpha value is 0.0987. The minimum atomic E-state index is -1.64. The molecule has 99 valence electrons. The molecule has 0 aromatic rings. The number of ketones is 3. The van der Waals surface area contributed by atoms with Crippen LogP contribution in [0.4, 0.5) is 0 Å². The third kappa shape index (κ3) is 14.0. The predicted octanol–water partition coefficient (Wildman–Crippen LogP) is 2.84. The van der Waals surface area contributed by atoms with E-state index in [2.05, 4.69) is 0 Å². The van der Waals surface area contributed by atoms with E-state index in [4.69, 9.17) is 0 Å². The first kappa shape index (κ1) is 19.4. The molecule has 0 aliphatic heterocycles. The molecule has 0 aliphatic rings. The molecule has 0 aromatic carbocycles. The minimum absolute atomic E-state index is 0. The van der Waals surface area contributed by atoms with Crippen LogP contribution < -0.4 is 0 Å². The maximum Gasteiger partial charge on any atom is -0.147 e. The average Bonchev–Trinajstić information content (AvgIpc) is 2.15. The maximum absolute atomic E-state index is 10.9. The fourth-order valence-electron chi connectivity index (χ4n) is 1.43. The molecule has 0 amide bonds. The summed E-state index contributed by atoms with van der Waals surface area (Å²) >= 11 is -1.64. The van der Waals surface area contributed by atoms with Gasteiger partial charge in [-0.25, -0.2) is 0 Å². The molecule has 1 radical (unpaired) electrons. The standard InChI is InChI=1S/3C4H7O.ClH.Sn/c3*1-3-4(2)5;;/h3*1,3H2,2H3;1H;. The van der Waals surface area contributed by atoms with E-state index in [0.29, 0.717) is 19.3 Å². The van der Waals surface area contributed by atoms with E-state index in [1.165, 1.54) is 0 Å². The van der Waals surface area contributed by atoms with Crippen molar-refractivity contribution in [3.63, 3.8) is 0 Å². The van der Waals surface area contributed by atoms with Crippen LogP contribution in [-0.4, -0.2) is 37.1 Å². The van der Waals surface area contributed by atoms with Crippen LogP contribution in [0.15, 0.2) is 0 Å². The predicted molar refractivity (Wildman–Crippen MR) is 73.3 cm³/mol. The van der Waals surface area contributed by atoms with Crippen molar-refractivity contribution < 1.29 is 14.4 Å². The molecule has 3 nitrogen and oxygen atoms in total. The summed E-state index contributed by atoms with van der Waals surface area (Å²) in [4.78, 5) is 32.8. The number of rotatable bonds is 9. The van der Waals surface area contributed by atoms with Gasteiger partial charge in [0.15, 0.2) is 0 Å². The Morgan fingerprint density at radius 1 is 0.706 bits per heavy atom. The van der Waals surface area contributed by atoms with E-state index in [1.807, 2.05) is 0 Å². The van der Waals surface area contributed by atoms with Gasteiger partial charge in [-0.2, -0.15) is 0 Å². The molecule has 0 N–H and O–H groups in total. The van der Waals surface area contributed by atoms with Gasteiger partial charge in [-0.3, -0.25) is 0 Å². The van der Waals surface area contributed by atoms with E-state index in [1.54, 1.807) is 20.8 Å². The fraction of sp³-hybridized carbons (Fsp3) is 0.750. The average molecular weight is 368 g/mol. The monoisotopic (exact) mass is 369 g/mol. The van der Waals surface area contributed by atoms with Crippen LogP contribution in [0.1, 0.15) is 40.0 Å². The number of hydrogen-bond donors (Lipinski definition) is 0. The van der Waals surface area contributed by atoms with Crippen LogP contribution in [0.3, 0.4) is 0 Å². The first-order valence-electron chi connectivity index (χ1n) is 5.73. The van der Waals surface area contributed by atoms with Gasteiger partial charge in [0.25, 0.3) is 0 Å². The van der Waals surface area contributed by atoms with Crippen LogP contribution in [-0.2, 0) is 14.4 Å². The molecule has 0 aliphatic carbocycles. The number of hydrogen-bond acceptors (Lipinski definition) is 3. The first-order chi connectivity index (χ1) is 7.41. The van der Waals surface area contributed by atoms with Gasteiger partial charge >= 0.3 is 105 Å². The number of carbonyl (C=O) groups excluding carboxylic acids is 3. The molecule has 0 atom stereocenters. The topological polar surface area (TPSA) is 51.2 Å². The molecule has 0 fully saturated rings. The van der Waals surface area contributed by atoms with Crippen LogP contribution in [0, 0.1) is 0 Å². The summed E-state index contributed by atoms with van der Waals surface area (Å²) < 4.78 is 2.99. The molecule has 0 spiro atoms. The molecular weight excluding hydrogens is 346 g/mol. The summed E-state index contributed by atoms with van der Waals surface area (Å²) in [5.41, 5.74) is 0. The van der Waals surface area contributed by atoms with Crippen molar-refractivity contribution in [1.82, 2.24) is 0 Å². The van der Waals surface area contributed by atoms with Crippen LogP contribution in [0.25, 0.3) is 0 Å². The number of carbonyl (C=O) groups is 3. The second-order valence-electron chi connectivity index (χ2n) is 4.36. The molecule has 0 aromatic heterocycles. The van der Waals surface area contributed by atoms with Crippen molar-refractivity contribution in [2.24, 2.45) is 0 Å². The van der Waals surface area contributed by atoms with E-state index in [-0.39, 0.29) is 29.8 Å². The fourth-order valence-corrected chi connectivity index (χ4v) is 9.62. The van der Waals surface area contributed by atoms with Gasteiger partial charge in [0.2, 0.25) is 0 Å². The third-order valence-electron chi connectivity index (χ3n) is 2.49. The normalized spacial score (nSPS) is 9.88. The van der Waals surface area contributed by atoms with E-state index < -0.39 is 19.8 Å². The summed E-state index contributed by atoms with van der Waals surface area (Å²) in [6.07, 6.45) is 1.93. The van der Waals surface area contributed by atoms with Crippen LogP contribution in [0.5, 0.6) is 0 Å². The minimum Gasteiger partial charge on any atom is -0.147 e. The molecule has 0 unspecified atom stereocenters. The van der Waals surface area contributed by atoms with Gasteiger partial charge in [-0.15, -0.1) is 12.4 Å². The van der Waals surface area contributed by atoms with Crippen LogP contribution in [0.2, 0.25) is 13.3 Å². The van der Waals surface area contributed by atoms with Crippen molar-refractivity contribution in [2.45, 2.75) is 53.3 Å². The van der Waals surface area contributed by atoms with Crippen molar-refractivity contribution in [3.8, 4) is 0 Å². The van der Waals surface area contributed by atoms with Crippen molar-refractivity contribution in [3.05, 3.63) is 0 Å². The second-order valence-corrected chi connectivity index (χ2v) is 12.9. The largest absolute Gasteiger partial charge is 0.147 e. The molecule has 17 heavy (non-hydrogen) atoms. The molecule has 0 bridgehead atoms. The van der Waals surface area contributed by atoms with Gasteiger partial charge in [0.1, 0.15) is 0 Å². The first-order valence-corrected chi connectivity index (χ1v) is 11.8. The zero-order chi connectivity index (χ0) is 12.6. The molecular formula is C12H22ClO3Sn. The van der Waals surface area contributed by atoms with Gasteiger partial charge in [-0.1, -0.05) is 0 Å². The second kappa shape index (κ2) is 11.2. The quantitative estimate of drug-likeness (QED) is 0.588.